The lowest BCUT2D eigenvalue weighted by Crippen LogP contribution is -2.30. The number of rotatable bonds is 4. The molecule has 0 spiro atoms. The van der Waals surface area contributed by atoms with Crippen LogP contribution < -0.4 is 11.3 Å². The Kier molecular flexibility index (Phi) is 3.64. The second-order valence-electron chi connectivity index (χ2n) is 4.24. The molecule has 4 nitrogen and oxygen atoms in total. The first-order valence-corrected chi connectivity index (χ1v) is 5.62. The van der Waals surface area contributed by atoms with Crippen LogP contribution in [0, 0.1) is 5.92 Å². The van der Waals surface area contributed by atoms with Crippen LogP contribution in [0.5, 0.6) is 0 Å². The molecular formula is C11H18N4. The zero-order valence-corrected chi connectivity index (χ0v) is 8.89. The number of hydrazine groups is 1. The number of aromatic nitrogens is 2. The Bertz CT molecular complexity index is 282. The topological polar surface area (TPSA) is 63.8 Å². The third-order valence-electron chi connectivity index (χ3n) is 3.21. The SMILES string of the molecule is NNC(CC1CCCC1)c1ccncn1. The van der Waals surface area contributed by atoms with Crippen LogP contribution in [0.4, 0.5) is 0 Å². The number of hydrogen-bond acceptors (Lipinski definition) is 4. The van der Waals surface area contributed by atoms with Gasteiger partial charge in [-0.15, -0.1) is 0 Å². The van der Waals surface area contributed by atoms with Gasteiger partial charge in [0, 0.05) is 6.20 Å². The van der Waals surface area contributed by atoms with Crippen LogP contribution in [-0.4, -0.2) is 9.97 Å². The van der Waals surface area contributed by atoms with Crippen molar-refractivity contribution in [2.75, 3.05) is 0 Å². The van der Waals surface area contributed by atoms with E-state index in [4.69, 9.17) is 5.84 Å². The van der Waals surface area contributed by atoms with Gasteiger partial charge in [0.05, 0.1) is 11.7 Å². The Labute approximate surface area is 90.3 Å². The van der Waals surface area contributed by atoms with Gasteiger partial charge in [-0.1, -0.05) is 25.7 Å². The third kappa shape index (κ3) is 2.73. The quantitative estimate of drug-likeness (QED) is 0.579. The van der Waals surface area contributed by atoms with Gasteiger partial charge in [0.1, 0.15) is 6.33 Å². The molecule has 1 saturated carbocycles. The minimum Gasteiger partial charge on any atom is -0.271 e. The summed E-state index contributed by atoms with van der Waals surface area (Å²) in [6.45, 7) is 0. The van der Waals surface area contributed by atoms with Gasteiger partial charge in [-0.3, -0.25) is 11.3 Å². The van der Waals surface area contributed by atoms with E-state index >= 15 is 0 Å². The molecule has 0 amide bonds. The zero-order chi connectivity index (χ0) is 10.5. The average Bonchev–Trinajstić information content (AvgIpc) is 2.80. The van der Waals surface area contributed by atoms with E-state index in [1.165, 1.54) is 25.7 Å². The molecule has 3 N–H and O–H groups in total. The van der Waals surface area contributed by atoms with Crippen LogP contribution in [0.2, 0.25) is 0 Å². The molecule has 1 unspecified atom stereocenters. The highest BCUT2D eigenvalue weighted by atomic mass is 15.2. The molecule has 1 aromatic heterocycles. The summed E-state index contributed by atoms with van der Waals surface area (Å²) in [7, 11) is 0. The molecular weight excluding hydrogens is 188 g/mol. The monoisotopic (exact) mass is 206 g/mol. The Morgan fingerprint density at radius 3 is 2.87 bits per heavy atom. The third-order valence-corrected chi connectivity index (χ3v) is 3.21. The molecule has 1 aromatic rings. The number of hydrogen-bond donors (Lipinski definition) is 2. The molecule has 1 aliphatic carbocycles. The van der Waals surface area contributed by atoms with E-state index in [0.29, 0.717) is 0 Å². The average molecular weight is 206 g/mol. The first kappa shape index (κ1) is 10.5. The van der Waals surface area contributed by atoms with Crippen molar-refractivity contribution in [2.24, 2.45) is 11.8 Å². The summed E-state index contributed by atoms with van der Waals surface area (Å²) in [5, 5.41) is 0. The minimum atomic E-state index is 0.177. The zero-order valence-electron chi connectivity index (χ0n) is 8.89. The van der Waals surface area contributed by atoms with Gasteiger partial charge in [0.2, 0.25) is 0 Å². The van der Waals surface area contributed by atoms with Crippen molar-refractivity contribution in [3.05, 3.63) is 24.3 Å². The highest BCUT2D eigenvalue weighted by Gasteiger charge is 2.21. The van der Waals surface area contributed by atoms with E-state index in [9.17, 15) is 0 Å². The van der Waals surface area contributed by atoms with Crippen molar-refractivity contribution in [2.45, 2.75) is 38.1 Å². The van der Waals surface area contributed by atoms with E-state index in [-0.39, 0.29) is 6.04 Å². The van der Waals surface area contributed by atoms with Crippen LogP contribution in [0.1, 0.15) is 43.8 Å². The fourth-order valence-electron chi connectivity index (χ4n) is 2.36. The van der Waals surface area contributed by atoms with Crippen LogP contribution in [-0.2, 0) is 0 Å². The molecule has 0 saturated heterocycles. The molecule has 1 atom stereocenters. The second kappa shape index (κ2) is 5.19. The van der Waals surface area contributed by atoms with Crippen molar-refractivity contribution in [1.29, 1.82) is 0 Å². The fourth-order valence-corrected chi connectivity index (χ4v) is 2.36. The molecule has 0 aromatic carbocycles. The molecule has 1 aliphatic rings. The predicted octanol–water partition coefficient (Wildman–Crippen LogP) is 1.56. The smallest absolute Gasteiger partial charge is 0.115 e. The summed E-state index contributed by atoms with van der Waals surface area (Å²) in [5.41, 5.74) is 3.85. The predicted molar refractivity (Wildman–Crippen MR) is 58.7 cm³/mol. The summed E-state index contributed by atoms with van der Waals surface area (Å²) < 4.78 is 0. The lowest BCUT2D eigenvalue weighted by molar-refractivity contribution is 0.394. The lowest BCUT2D eigenvalue weighted by Gasteiger charge is -2.18. The van der Waals surface area contributed by atoms with Crippen molar-refractivity contribution >= 4 is 0 Å². The maximum Gasteiger partial charge on any atom is 0.115 e. The highest BCUT2D eigenvalue weighted by molar-refractivity contribution is 5.04. The molecule has 0 bridgehead atoms. The number of nitrogens with two attached hydrogens (primary N) is 1. The maximum atomic E-state index is 5.57. The summed E-state index contributed by atoms with van der Waals surface area (Å²) in [6.07, 6.45) is 9.84. The van der Waals surface area contributed by atoms with Crippen LogP contribution in [0.3, 0.4) is 0 Å². The molecule has 82 valence electrons. The Morgan fingerprint density at radius 2 is 2.27 bits per heavy atom. The molecule has 0 radical (unpaired) electrons. The van der Waals surface area contributed by atoms with Gasteiger partial charge in [-0.25, -0.2) is 9.97 Å². The molecule has 0 aliphatic heterocycles. The number of nitrogens with zero attached hydrogens (tertiary/aromatic N) is 2. The van der Waals surface area contributed by atoms with Gasteiger partial charge in [0.15, 0.2) is 0 Å². The van der Waals surface area contributed by atoms with Gasteiger partial charge >= 0.3 is 0 Å². The summed E-state index contributed by atoms with van der Waals surface area (Å²) in [4.78, 5) is 8.15. The van der Waals surface area contributed by atoms with E-state index in [0.717, 1.165) is 18.0 Å². The maximum absolute atomic E-state index is 5.57. The largest absolute Gasteiger partial charge is 0.271 e. The van der Waals surface area contributed by atoms with Crippen molar-refractivity contribution in [3.8, 4) is 0 Å². The van der Waals surface area contributed by atoms with Crippen LogP contribution >= 0.6 is 0 Å². The van der Waals surface area contributed by atoms with Gasteiger partial charge in [0.25, 0.3) is 0 Å². The first-order chi connectivity index (χ1) is 7.40. The van der Waals surface area contributed by atoms with Gasteiger partial charge < -0.3 is 0 Å². The molecule has 1 fully saturated rings. The van der Waals surface area contributed by atoms with Crippen LogP contribution in [0.25, 0.3) is 0 Å². The molecule has 4 heteroatoms. The first-order valence-electron chi connectivity index (χ1n) is 5.62. The van der Waals surface area contributed by atoms with Gasteiger partial charge in [-0.05, 0) is 18.4 Å². The van der Waals surface area contributed by atoms with Crippen LogP contribution in [0.15, 0.2) is 18.6 Å². The minimum absolute atomic E-state index is 0.177. The van der Waals surface area contributed by atoms with E-state index in [1.54, 1.807) is 12.5 Å². The highest BCUT2D eigenvalue weighted by Crippen LogP contribution is 2.31. The van der Waals surface area contributed by atoms with E-state index in [2.05, 4.69) is 15.4 Å². The molecule has 2 rings (SSSR count). The summed E-state index contributed by atoms with van der Waals surface area (Å²) >= 11 is 0. The Morgan fingerprint density at radius 1 is 1.47 bits per heavy atom. The Balaban J connectivity index is 1.97. The Hall–Kier alpha value is -1.00. The lowest BCUT2D eigenvalue weighted by atomic mass is 9.97. The molecule has 1 heterocycles. The van der Waals surface area contributed by atoms with E-state index < -0.39 is 0 Å². The summed E-state index contributed by atoms with van der Waals surface area (Å²) in [5.74, 6) is 6.38. The normalized spacial score (nSPS) is 19.3. The van der Waals surface area contributed by atoms with E-state index in [1.807, 2.05) is 6.07 Å². The van der Waals surface area contributed by atoms with Gasteiger partial charge in [-0.2, -0.15) is 0 Å². The summed E-state index contributed by atoms with van der Waals surface area (Å²) in [6, 6.07) is 2.11. The standard InChI is InChI=1S/C11H18N4/c12-15-11(7-9-3-1-2-4-9)10-5-6-13-8-14-10/h5-6,8-9,11,15H,1-4,7,12H2. The number of nitrogens with one attached hydrogen (secondary N) is 1. The second-order valence-corrected chi connectivity index (χ2v) is 4.24. The van der Waals surface area contributed by atoms with Crippen molar-refractivity contribution in [3.63, 3.8) is 0 Å². The van der Waals surface area contributed by atoms with Crippen molar-refractivity contribution in [1.82, 2.24) is 15.4 Å². The fraction of sp³-hybridized carbons (Fsp3) is 0.636. The van der Waals surface area contributed by atoms with Crippen molar-refractivity contribution < 1.29 is 0 Å². The molecule has 15 heavy (non-hydrogen) atoms.